The summed E-state index contributed by atoms with van der Waals surface area (Å²) in [6.07, 6.45) is 3.79. The highest BCUT2D eigenvalue weighted by atomic mass is 19.1. The Morgan fingerprint density at radius 3 is 2.87 bits per heavy atom. The Morgan fingerprint density at radius 1 is 1.26 bits per heavy atom. The highest BCUT2D eigenvalue weighted by Crippen LogP contribution is 2.17. The number of carbonyl (C=O) groups is 1. The second kappa shape index (κ2) is 7.22. The van der Waals surface area contributed by atoms with E-state index in [0.29, 0.717) is 5.56 Å². The highest BCUT2D eigenvalue weighted by molar-refractivity contribution is 5.79. The van der Waals surface area contributed by atoms with Crippen molar-refractivity contribution in [2.45, 2.75) is 25.3 Å². The van der Waals surface area contributed by atoms with E-state index in [1.165, 1.54) is 6.07 Å². The van der Waals surface area contributed by atoms with E-state index < -0.39 is 0 Å². The number of anilines is 1. The molecule has 1 unspecified atom stereocenters. The zero-order valence-corrected chi connectivity index (χ0v) is 12.9. The predicted octanol–water partition coefficient (Wildman–Crippen LogP) is 2.55. The van der Waals surface area contributed by atoms with Crippen LogP contribution < -0.4 is 10.2 Å². The molecule has 5 heteroatoms. The van der Waals surface area contributed by atoms with E-state index in [-0.39, 0.29) is 24.2 Å². The van der Waals surface area contributed by atoms with Gasteiger partial charge in [0.15, 0.2) is 0 Å². The predicted molar refractivity (Wildman–Crippen MR) is 87.7 cm³/mol. The smallest absolute Gasteiger partial charge is 0.224 e. The van der Waals surface area contributed by atoms with Crippen molar-refractivity contribution in [3.8, 4) is 0 Å². The quantitative estimate of drug-likeness (QED) is 0.943. The van der Waals surface area contributed by atoms with Crippen LogP contribution in [0.3, 0.4) is 0 Å². The molecule has 1 fully saturated rings. The van der Waals surface area contributed by atoms with Gasteiger partial charge in [-0.3, -0.25) is 4.79 Å². The number of hydrogen-bond acceptors (Lipinski definition) is 3. The highest BCUT2D eigenvalue weighted by Gasteiger charge is 2.22. The number of piperidine rings is 1. The number of aromatic nitrogens is 1. The molecule has 0 aliphatic carbocycles. The molecule has 2 heterocycles. The van der Waals surface area contributed by atoms with Crippen molar-refractivity contribution in [2.75, 3.05) is 18.0 Å². The summed E-state index contributed by atoms with van der Waals surface area (Å²) in [5, 5.41) is 3.02. The zero-order valence-electron chi connectivity index (χ0n) is 12.9. The summed E-state index contributed by atoms with van der Waals surface area (Å²) < 4.78 is 13.6. The first-order valence-electron chi connectivity index (χ1n) is 7.91. The minimum atomic E-state index is -0.332. The molecule has 3 rings (SSSR count). The second-order valence-corrected chi connectivity index (χ2v) is 5.81. The molecule has 0 radical (unpaired) electrons. The first kappa shape index (κ1) is 15.5. The van der Waals surface area contributed by atoms with Crippen molar-refractivity contribution in [3.63, 3.8) is 0 Å². The van der Waals surface area contributed by atoms with Gasteiger partial charge in [-0.25, -0.2) is 9.37 Å². The van der Waals surface area contributed by atoms with E-state index in [4.69, 9.17) is 0 Å². The van der Waals surface area contributed by atoms with Crippen molar-refractivity contribution in [1.29, 1.82) is 0 Å². The molecule has 1 aliphatic heterocycles. The Labute approximate surface area is 135 Å². The molecule has 1 aromatic heterocycles. The Balaban J connectivity index is 1.57. The average Bonchev–Trinajstić information content (AvgIpc) is 2.58. The van der Waals surface area contributed by atoms with Gasteiger partial charge in [-0.2, -0.15) is 0 Å². The molecule has 0 bridgehead atoms. The van der Waals surface area contributed by atoms with Crippen LogP contribution in [-0.4, -0.2) is 30.0 Å². The number of amides is 1. The number of nitrogens with zero attached hydrogens (tertiary/aromatic N) is 2. The molecule has 1 aliphatic rings. The molecule has 120 valence electrons. The van der Waals surface area contributed by atoms with Gasteiger partial charge in [0.05, 0.1) is 6.42 Å². The zero-order chi connectivity index (χ0) is 16.1. The van der Waals surface area contributed by atoms with Crippen molar-refractivity contribution >= 4 is 11.7 Å². The van der Waals surface area contributed by atoms with Crippen LogP contribution in [0, 0.1) is 5.82 Å². The Hall–Kier alpha value is -2.43. The van der Waals surface area contributed by atoms with Crippen LogP contribution in [0.2, 0.25) is 0 Å². The first-order valence-corrected chi connectivity index (χ1v) is 7.91. The fraction of sp³-hybridized carbons (Fsp3) is 0.333. The van der Waals surface area contributed by atoms with Gasteiger partial charge < -0.3 is 10.2 Å². The second-order valence-electron chi connectivity index (χ2n) is 5.81. The molecule has 23 heavy (non-hydrogen) atoms. The van der Waals surface area contributed by atoms with Crippen LogP contribution in [0.4, 0.5) is 10.2 Å². The molecule has 4 nitrogen and oxygen atoms in total. The summed E-state index contributed by atoms with van der Waals surface area (Å²) in [4.78, 5) is 18.7. The number of hydrogen-bond donors (Lipinski definition) is 1. The van der Waals surface area contributed by atoms with Gasteiger partial charge in [0, 0.05) is 25.3 Å². The minimum absolute atomic E-state index is 0.0741. The molecular formula is C18H20FN3O. The molecule has 2 aromatic rings. The van der Waals surface area contributed by atoms with Crippen LogP contribution in [0.1, 0.15) is 18.4 Å². The van der Waals surface area contributed by atoms with Crippen LogP contribution >= 0.6 is 0 Å². The Kier molecular flexibility index (Phi) is 4.86. The maximum absolute atomic E-state index is 13.6. The van der Waals surface area contributed by atoms with Crippen LogP contribution in [0.25, 0.3) is 0 Å². The number of rotatable bonds is 4. The van der Waals surface area contributed by atoms with E-state index in [0.717, 1.165) is 31.7 Å². The number of carbonyl (C=O) groups excluding carboxylic acids is 1. The molecule has 1 saturated heterocycles. The van der Waals surface area contributed by atoms with Gasteiger partial charge in [-0.1, -0.05) is 24.3 Å². The lowest BCUT2D eigenvalue weighted by molar-refractivity contribution is -0.121. The van der Waals surface area contributed by atoms with Gasteiger partial charge in [-0.05, 0) is 36.6 Å². The molecule has 1 amide bonds. The third kappa shape index (κ3) is 4.06. The molecule has 1 N–H and O–H groups in total. The summed E-state index contributed by atoms with van der Waals surface area (Å²) in [5.74, 6) is 0.463. The largest absolute Gasteiger partial charge is 0.355 e. The summed E-state index contributed by atoms with van der Waals surface area (Å²) in [7, 11) is 0. The van der Waals surface area contributed by atoms with E-state index in [1.54, 1.807) is 24.4 Å². The standard InChI is InChI=1S/C18H20FN3O/c19-16-8-2-1-6-14(16)12-18(23)21-15-7-5-11-22(13-15)17-9-3-4-10-20-17/h1-4,6,8-10,15H,5,7,11-13H2,(H,21,23). The van der Waals surface area contributed by atoms with Gasteiger partial charge in [0.25, 0.3) is 0 Å². The van der Waals surface area contributed by atoms with Gasteiger partial charge in [-0.15, -0.1) is 0 Å². The number of benzene rings is 1. The summed E-state index contributed by atoms with van der Waals surface area (Å²) >= 11 is 0. The Bertz CT molecular complexity index is 662. The van der Waals surface area contributed by atoms with E-state index in [2.05, 4.69) is 15.2 Å². The Morgan fingerprint density at radius 2 is 2.09 bits per heavy atom. The van der Waals surface area contributed by atoms with Crippen LogP contribution in [-0.2, 0) is 11.2 Å². The van der Waals surface area contributed by atoms with E-state index in [1.807, 2.05) is 18.2 Å². The van der Waals surface area contributed by atoms with E-state index >= 15 is 0 Å². The van der Waals surface area contributed by atoms with Gasteiger partial charge in [0.1, 0.15) is 11.6 Å². The maximum atomic E-state index is 13.6. The normalized spacial score (nSPS) is 17.8. The molecule has 0 saturated carbocycles. The van der Waals surface area contributed by atoms with Gasteiger partial charge in [0.2, 0.25) is 5.91 Å². The topological polar surface area (TPSA) is 45.2 Å². The third-order valence-corrected chi connectivity index (χ3v) is 4.07. The van der Waals surface area contributed by atoms with E-state index in [9.17, 15) is 9.18 Å². The van der Waals surface area contributed by atoms with Gasteiger partial charge >= 0.3 is 0 Å². The number of halogens is 1. The summed E-state index contributed by atoms with van der Waals surface area (Å²) in [5.41, 5.74) is 0.433. The molecule has 1 atom stereocenters. The molecular weight excluding hydrogens is 293 g/mol. The first-order chi connectivity index (χ1) is 11.2. The fourth-order valence-corrected chi connectivity index (χ4v) is 2.94. The van der Waals surface area contributed by atoms with Crippen molar-refractivity contribution < 1.29 is 9.18 Å². The number of pyridine rings is 1. The van der Waals surface area contributed by atoms with Crippen LogP contribution in [0.15, 0.2) is 48.7 Å². The minimum Gasteiger partial charge on any atom is -0.355 e. The van der Waals surface area contributed by atoms with Crippen molar-refractivity contribution in [3.05, 3.63) is 60.0 Å². The fourth-order valence-electron chi connectivity index (χ4n) is 2.94. The molecule has 0 spiro atoms. The van der Waals surface area contributed by atoms with Crippen molar-refractivity contribution in [2.24, 2.45) is 0 Å². The lowest BCUT2D eigenvalue weighted by Gasteiger charge is -2.34. The SMILES string of the molecule is O=C(Cc1ccccc1F)NC1CCCN(c2ccccn2)C1. The third-order valence-electron chi connectivity index (χ3n) is 4.07. The van der Waals surface area contributed by atoms with Crippen molar-refractivity contribution in [1.82, 2.24) is 10.3 Å². The number of nitrogens with one attached hydrogen (secondary N) is 1. The summed E-state index contributed by atoms with van der Waals surface area (Å²) in [6.45, 7) is 1.68. The maximum Gasteiger partial charge on any atom is 0.224 e. The average molecular weight is 313 g/mol. The monoisotopic (exact) mass is 313 g/mol. The summed E-state index contributed by atoms with van der Waals surface area (Å²) in [6, 6.07) is 12.3. The van der Waals surface area contributed by atoms with Crippen LogP contribution in [0.5, 0.6) is 0 Å². The lowest BCUT2D eigenvalue weighted by Crippen LogP contribution is -2.48. The lowest BCUT2D eigenvalue weighted by atomic mass is 10.0. The molecule has 1 aromatic carbocycles.